The van der Waals surface area contributed by atoms with Gasteiger partial charge in [0, 0.05) is 19.3 Å². The zero-order valence-corrected chi connectivity index (χ0v) is 49.9. The number of Topliss-reactive ketones (excluding diaryl/α,β-unsaturated/α-hetero) is 1. The van der Waals surface area contributed by atoms with Gasteiger partial charge in [-0.25, -0.2) is 0 Å². The van der Waals surface area contributed by atoms with E-state index in [1.165, 1.54) is 340 Å². The van der Waals surface area contributed by atoms with Gasteiger partial charge in [-0.15, -0.1) is 0 Å². The van der Waals surface area contributed by atoms with Crippen LogP contribution in [-0.2, 0) is 9.59 Å². The minimum absolute atomic E-state index is 0.0588. The van der Waals surface area contributed by atoms with Crippen molar-refractivity contribution in [3.05, 3.63) is 0 Å². The molecule has 0 aromatic rings. The summed E-state index contributed by atoms with van der Waals surface area (Å²) in [5, 5.41) is 12.9. The van der Waals surface area contributed by atoms with Crippen LogP contribution in [0.5, 0.6) is 0 Å². The molecule has 0 rings (SSSR count). The number of aliphatic hydroxyl groups is 1. The summed E-state index contributed by atoms with van der Waals surface area (Å²) >= 11 is 0. The van der Waals surface area contributed by atoms with Gasteiger partial charge in [0.25, 0.3) is 0 Å². The van der Waals surface area contributed by atoms with Crippen LogP contribution in [0, 0.1) is 0 Å². The molecular weight excluding hydrogens is 879 g/mol. The summed E-state index contributed by atoms with van der Waals surface area (Å²) in [6.07, 6.45) is 82.8. The van der Waals surface area contributed by atoms with Gasteiger partial charge in [0.1, 0.15) is 5.78 Å². The lowest BCUT2D eigenvalue weighted by Crippen LogP contribution is -2.37. The summed E-state index contributed by atoms with van der Waals surface area (Å²) in [4.78, 5) is 24.8. The molecule has 72 heavy (non-hydrogen) atoms. The Bertz CT molecular complexity index is 1010. The largest absolute Gasteiger partial charge is 0.394 e. The van der Waals surface area contributed by atoms with Crippen molar-refractivity contribution >= 4 is 11.7 Å². The van der Waals surface area contributed by atoms with E-state index >= 15 is 0 Å². The molecule has 1 atom stereocenters. The second-order valence-corrected chi connectivity index (χ2v) is 23.8. The fourth-order valence-corrected chi connectivity index (χ4v) is 11.3. The van der Waals surface area contributed by atoms with E-state index in [0.29, 0.717) is 12.2 Å². The smallest absolute Gasteiger partial charge is 0.220 e. The Labute approximate surface area is 454 Å². The number of carbonyl (C=O) groups is 2. The standard InChI is InChI=1S/C68H135NO3/c1-3-5-7-9-11-13-15-17-19-31-34-38-42-46-50-54-58-62-67(71)63-59-55-51-47-43-39-35-32-29-27-25-23-21-20-22-24-26-28-30-33-36-40-44-48-52-56-60-64-68(72)69-66(65-70)61-57-53-49-45-41-37-18-16-14-12-10-8-6-4-2/h66,70H,3-65H2,1-2H3,(H,69,72)/t66-/m1/s1. The number of nitrogens with one attached hydrogen (secondary N) is 1. The minimum atomic E-state index is -0.0588. The third-order valence-corrected chi connectivity index (χ3v) is 16.4. The molecule has 4 nitrogen and oxygen atoms in total. The Morgan fingerprint density at radius 2 is 0.444 bits per heavy atom. The molecule has 430 valence electrons. The highest BCUT2D eigenvalue weighted by atomic mass is 16.3. The molecule has 0 fully saturated rings. The van der Waals surface area contributed by atoms with Crippen molar-refractivity contribution in [2.45, 2.75) is 418 Å². The van der Waals surface area contributed by atoms with E-state index in [9.17, 15) is 14.7 Å². The summed E-state index contributed by atoms with van der Waals surface area (Å²) in [5.41, 5.74) is 0. The second-order valence-electron chi connectivity index (χ2n) is 23.8. The van der Waals surface area contributed by atoms with Crippen molar-refractivity contribution in [1.82, 2.24) is 5.32 Å². The molecule has 2 N–H and O–H groups in total. The Hall–Kier alpha value is -0.900. The van der Waals surface area contributed by atoms with Gasteiger partial charge in [0.05, 0.1) is 12.6 Å². The Morgan fingerprint density at radius 1 is 0.264 bits per heavy atom. The normalized spacial score (nSPS) is 12.0. The van der Waals surface area contributed by atoms with Gasteiger partial charge >= 0.3 is 0 Å². The third-order valence-electron chi connectivity index (χ3n) is 16.4. The van der Waals surface area contributed by atoms with E-state index in [1.54, 1.807) is 0 Å². The van der Waals surface area contributed by atoms with Crippen LogP contribution in [0.1, 0.15) is 412 Å². The van der Waals surface area contributed by atoms with Gasteiger partial charge in [-0.3, -0.25) is 9.59 Å². The van der Waals surface area contributed by atoms with Crippen LogP contribution in [0.3, 0.4) is 0 Å². The molecule has 0 aliphatic carbocycles. The highest BCUT2D eigenvalue weighted by molar-refractivity contribution is 5.78. The molecule has 0 aliphatic rings. The first kappa shape index (κ1) is 71.1. The zero-order valence-electron chi connectivity index (χ0n) is 49.9. The molecule has 0 bridgehead atoms. The second kappa shape index (κ2) is 64.4. The lowest BCUT2D eigenvalue weighted by molar-refractivity contribution is -0.122. The third kappa shape index (κ3) is 61.6. The van der Waals surface area contributed by atoms with Crippen molar-refractivity contribution in [3.8, 4) is 0 Å². The molecule has 0 aliphatic heterocycles. The van der Waals surface area contributed by atoms with Crippen molar-refractivity contribution in [3.63, 3.8) is 0 Å². The monoisotopic (exact) mass is 1010 g/mol. The fourth-order valence-electron chi connectivity index (χ4n) is 11.3. The molecule has 0 spiro atoms. The van der Waals surface area contributed by atoms with Crippen molar-refractivity contribution < 1.29 is 14.7 Å². The molecule has 0 aromatic carbocycles. The Morgan fingerprint density at radius 3 is 0.653 bits per heavy atom. The van der Waals surface area contributed by atoms with E-state index in [-0.39, 0.29) is 18.6 Å². The van der Waals surface area contributed by atoms with Crippen molar-refractivity contribution in [1.29, 1.82) is 0 Å². The van der Waals surface area contributed by atoms with Crippen LogP contribution in [-0.4, -0.2) is 29.4 Å². The van der Waals surface area contributed by atoms with E-state index in [2.05, 4.69) is 19.2 Å². The topological polar surface area (TPSA) is 66.4 Å². The highest BCUT2D eigenvalue weighted by Gasteiger charge is 2.11. The van der Waals surface area contributed by atoms with Gasteiger partial charge in [0.15, 0.2) is 0 Å². The highest BCUT2D eigenvalue weighted by Crippen LogP contribution is 2.19. The minimum Gasteiger partial charge on any atom is -0.394 e. The summed E-state index contributed by atoms with van der Waals surface area (Å²) in [6.45, 7) is 4.66. The predicted octanol–water partition coefficient (Wildman–Crippen LogP) is 23.3. The van der Waals surface area contributed by atoms with Gasteiger partial charge in [-0.2, -0.15) is 0 Å². The number of hydrogen-bond acceptors (Lipinski definition) is 3. The predicted molar refractivity (Wildman–Crippen MR) is 322 cm³/mol. The summed E-state index contributed by atoms with van der Waals surface area (Å²) in [5.74, 6) is 0.661. The maximum Gasteiger partial charge on any atom is 0.220 e. The molecule has 4 heteroatoms. The quantitative estimate of drug-likeness (QED) is 0.0597. The number of amides is 1. The van der Waals surface area contributed by atoms with Crippen molar-refractivity contribution in [2.24, 2.45) is 0 Å². The van der Waals surface area contributed by atoms with Crippen LogP contribution in [0.4, 0.5) is 0 Å². The molecule has 0 unspecified atom stereocenters. The average molecular weight is 1010 g/mol. The molecule has 0 saturated heterocycles. The van der Waals surface area contributed by atoms with E-state index in [4.69, 9.17) is 0 Å². The van der Waals surface area contributed by atoms with Gasteiger partial charge in [-0.1, -0.05) is 367 Å². The zero-order chi connectivity index (χ0) is 52.0. The van der Waals surface area contributed by atoms with Gasteiger partial charge < -0.3 is 10.4 Å². The lowest BCUT2D eigenvalue weighted by atomic mass is 10.0. The molecule has 1 amide bonds. The molecule has 0 heterocycles. The van der Waals surface area contributed by atoms with Crippen LogP contribution >= 0.6 is 0 Å². The van der Waals surface area contributed by atoms with Gasteiger partial charge in [0.2, 0.25) is 5.91 Å². The molecule has 0 radical (unpaired) electrons. The molecule has 0 aromatic heterocycles. The van der Waals surface area contributed by atoms with E-state index in [1.807, 2.05) is 0 Å². The lowest BCUT2D eigenvalue weighted by Gasteiger charge is -2.16. The van der Waals surface area contributed by atoms with Crippen LogP contribution in [0.15, 0.2) is 0 Å². The van der Waals surface area contributed by atoms with Crippen LogP contribution in [0.2, 0.25) is 0 Å². The fraction of sp³-hybridized carbons (Fsp3) is 0.971. The first-order valence-electron chi connectivity index (χ1n) is 34.1. The summed E-state index contributed by atoms with van der Waals surface area (Å²) < 4.78 is 0. The Balaban J connectivity index is 3.26. The average Bonchev–Trinajstić information content (AvgIpc) is 3.38. The Kier molecular flexibility index (Phi) is 63.6. The van der Waals surface area contributed by atoms with E-state index in [0.717, 1.165) is 51.4 Å². The number of rotatable bonds is 65. The summed E-state index contributed by atoms with van der Waals surface area (Å²) in [6, 6.07) is -0.0588. The summed E-state index contributed by atoms with van der Waals surface area (Å²) in [7, 11) is 0. The van der Waals surface area contributed by atoms with Crippen molar-refractivity contribution in [2.75, 3.05) is 6.61 Å². The first-order chi connectivity index (χ1) is 35.6. The van der Waals surface area contributed by atoms with Crippen LogP contribution < -0.4 is 5.32 Å². The number of ketones is 1. The molecular formula is C68H135NO3. The van der Waals surface area contributed by atoms with E-state index < -0.39 is 0 Å². The van der Waals surface area contributed by atoms with Gasteiger partial charge in [-0.05, 0) is 25.7 Å². The maximum atomic E-state index is 12.4. The number of aliphatic hydroxyl groups excluding tert-OH is 1. The number of carbonyl (C=O) groups excluding carboxylic acids is 2. The number of hydrogen-bond donors (Lipinski definition) is 2. The molecule has 0 saturated carbocycles. The number of unbranched alkanes of at least 4 members (excludes halogenated alkanes) is 55. The SMILES string of the molecule is CCCCCCCCCCCCCCCCCCCC(=O)CCCCCCCCCCCCCCCCCCCCCCCCCCCCCC(=O)N[C@@H](CO)CCCCCCCCCCCCCCCC. The van der Waals surface area contributed by atoms with Crippen LogP contribution in [0.25, 0.3) is 0 Å². The maximum absolute atomic E-state index is 12.4. The first-order valence-corrected chi connectivity index (χ1v) is 34.1.